The zero-order chi connectivity index (χ0) is 22.2. The number of anilines is 2. The van der Waals surface area contributed by atoms with E-state index in [2.05, 4.69) is 15.6 Å². The van der Waals surface area contributed by atoms with E-state index >= 15 is 0 Å². The van der Waals surface area contributed by atoms with E-state index in [1.54, 1.807) is 29.2 Å². The smallest absolute Gasteiger partial charge is 0.409 e. The van der Waals surface area contributed by atoms with E-state index in [0.29, 0.717) is 56.1 Å². The summed E-state index contributed by atoms with van der Waals surface area (Å²) in [6.07, 6.45) is 1.55. The molecule has 1 aromatic heterocycles. The molecule has 0 bridgehead atoms. The number of nitrogens with zero attached hydrogens (tertiary/aromatic N) is 3. The number of amides is 3. The Kier molecular flexibility index (Phi) is 7.74. The Balaban J connectivity index is 1.56. The van der Waals surface area contributed by atoms with Crippen LogP contribution in [0.4, 0.5) is 25.4 Å². The van der Waals surface area contributed by atoms with Crippen molar-refractivity contribution >= 4 is 23.5 Å². The Bertz CT molecular complexity index is 901. The molecule has 0 spiro atoms. The largest absolute Gasteiger partial charge is 0.453 e. The van der Waals surface area contributed by atoms with Crippen molar-refractivity contribution < 1.29 is 23.8 Å². The van der Waals surface area contributed by atoms with Gasteiger partial charge in [0.25, 0.3) is 0 Å². The number of benzene rings is 1. The molecule has 9 nitrogen and oxygen atoms in total. The van der Waals surface area contributed by atoms with Gasteiger partial charge in [-0.1, -0.05) is 12.1 Å². The number of aromatic nitrogens is 1. The van der Waals surface area contributed by atoms with Gasteiger partial charge in [-0.15, -0.1) is 0 Å². The van der Waals surface area contributed by atoms with Gasteiger partial charge in [-0.2, -0.15) is 0 Å². The Morgan fingerprint density at radius 2 is 1.94 bits per heavy atom. The second kappa shape index (κ2) is 10.7. The lowest BCUT2D eigenvalue weighted by molar-refractivity contribution is 0.0885. The maximum atomic E-state index is 14.9. The van der Waals surface area contributed by atoms with Gasteiger partial charge in [0.1, 0.15) is 0 Å². The van der Waals surface area contributed by atoms with Gasteiger partial charge >= 0.3 is 12.1 Å². The third-order valence-corrected chi connectivity index (χ3v) is 4.98. The van der Waals surface area contributed by atoms with Crippen molar-refractivity contribution in [3.05, 3.63) is 53.6 Å². The molecule has 10 heteroatoms. The molecule has 0 aliphatic carbocycles. The van der Waals surface area contributed by atoms with Gasteiger partial charge in [0.2, 0.25) is 0 Å². The van der Waals surface area contributed by atoms with Crippen LogP contribution in [-0.2, 0) is 17.7 Å². The summed E-state index contributed by atoms with van der Waals surface area (Å²) in [6, 6.07) is 7.64. The zero-order valence-corrected chi connectivity index (χ0v) is 17.3. The predicted molar refractivity (Wildman–Crippen MR) is 113 cm³/mol. The fourth-order valence-electron chi connectivity index (χ4n) is 3.30. The van der Waals surface area contributed by atoms with Crippen LogP contribution in [-0.4, -0.2) is 71.9 Å². The predicted octanol–water partition coefficient (Wildman–Crippen LogP) is 2.28. The number of methoxy groups -OCH3 is 1. The number of halogens is 1. The lowest BCUT2D eigenvalue weighted by Gasteiger charge is -2.33. The first kappa shape index (κ1) is 22.4. The number of aliphatic hydroxyl groups excluding tert-OH is 1. The molecule has 3 N–H and O–H groups in total. The van der Waals surface area contributed by atoms with Gasteiger partial charge in [-0.3, -0.25) is 9.88 Å². The Hall–Kier alpha value is -3.24. The van der Waals surface area contributed by atoms with Gasteiger partial charge in [0.05, 0.1) is 24.7 Å². The highest BCUT2D eigenvalue weighted by molar-refractivity contribution is 5.99. The van der Waals surface area contributed by atoms with E-state index in [9.17, 15) is 14.0 Å². The number of nitrogens with one attached hydrogen (secondary N) is 2. The summed E-state index contributed by atoms with van der Waals surface area (Å²) in [5.41, 5.74) is 1.70. The summed E-state index contributed by atoms with van der Waals surface area (Å²) in [5, 5.41) is 14.0. The van der Waals surface area contributed by atoms with Crippen LogP contribution in [0.1, 0.15) is 11.3 Å². The first-order chi connectivity index (χ1) is 15.0. The molecule has 3 amide bonds. The van der Waals surface area contributed by atoms with Crippen LogP contribution < -0.4 is 10.6 Å². The number of rotatable bonds is 6. The van der Waals surface area contributed by atoms with Crippen molar-refractivity contribution in [2.75, 3.05) is 50.5 Å². The minimum atomic E-state index is -0.584. The van der Waals surface area contributed by atoms with Gasteiger partial charge in [0.15, 0.2) is 5.82 Å². The second-order valence-corrected chi connectivity index (χ2v) is 7.10. The van der Waals surface area contributed by atoms with Crippen molar-refractivity contribution in [1.82, 2.24) is 14.8 Å². The summed E-state index contributed by atoms with van der Waals surface area (Å²) in [4.78, 5) is 31.6. The number of hydrogen-bond donors (Lipinski definition) is 3. The monoisotopic (exact) mass is 431 g/mol. The molecule has 1 aromatic carbocycles. The maximum absolute atomic E-state index is 14.9. The second-order valence-electron chi connectivity index (χ2n) is 7.10. The van der Waals surface area contributed by atoms with Crippen molar-refractivity contribution in [2.24, 2.45) is 0 Å². The molecule has 31 heavy (non-hydrogen) atoms. The summed E-state index contributed by atoms with van der Waals surface area (Å²) >= 11 is 0. The molecule has 3 rings (SSSR count). The summed E-state index contributed by atoms with van der Waals surface area (Å²) in [6.45, 7) is 2.60. The van der Waals surface area contributed by atoms with Crippen LogP contribution in [0, 0.1) is 5.82 Å². The molecule has 0 radical (unpaired) electrons. The molecule has 1 aliphatic rings. The number of pyridine rings is 1. The first-order valence-corrected chi connectivity index (χ1v) is 9.96. The van der Waals surface area contributed by atoms with Gasteiger partial charge < -0.3 is 25.4 Å². The number of urea groups is 1. The normalized spacial score (nSPS) is 14.2. The van der Waals surface area contributed by atoms with Crippen LogP contribution in [0.2, 0.25) is 0 Å². The molecule has 1 fully saturated rings. The van der Waals surface area contributed by atoms with Crippen molar-refractivity contribution in [2.45, 2.75) is 13.0 Å². The number of carbonyl (C=O) groups excluding carboxylic acids is 2. The quantitative estimate of drug-likeness (QED) is 0.648. The van der Waals surface area contributed by atoms with Crippen LogP contribution in [0.15, 0.2) is 36.5 Å². The Labute approximate surface area is 179 Å². The van der Waals surface area contributed by atoms with E-state index < -0.39 is 11.8 Å². The highest BCUT2D eigenvalue weighted by atomic mass is 19.1. The number of hydrogen-bond acceptors (Lipinski definition) is 6. The fourth-order valence-corrected chi connectivity index (χ4v) is 3.30. The third kappa shape index (κ3) is 6.12. The number of aliphatic hydroxyl groups is 1. The number of carbonyl (C=O) groups is 2. The molecule has 2 heterocycles. The van der Waals surface area contributed by atoms with Crippen molar-refractivity contribution in [3.8, 4) is 0 Å². The average Bonchev–Trinajstić information content (AvgIpc) is 2.78. The van der Waals surface area contributed by atoms with Gasteiger partial charge in [-0.05, 0) is 18.2 Å². The summed E-state index contributed by atoms with van der Waals surface area (Å²) in [5.74, 6) is -0.496. The third-order valence-electron chi connectivity index (χ3n) is 4.98. The molecule has 2 aromatic rings. The van der Waals surface area contributed by atoms with E-state index in [-0.39, 0.29) is 18.4 Å². The number of piperazine rings is 1. The van der Waals surface area contributed by atoms with Gasteiger partial charge in [0, 0.05) is 57.0 Å². The Morgan fingerprint density at radius 1 is 1.16 bits per heavy atom. The highest BCUT2D eigenvalue weighted by Gasteiger charge is 2.22. The molecule has 0 unspecified atom stereocenters. The Morgan fingerprint density at radius 3 is 2.58 bits per heavy atom. The molecular formula is C21H26FN5O4. The lowest BCUT2D eigenvalue weighted by Crippen LogP contribution is -2.48. The molecule has 0 saturated carbocycles. The molecule has 166 valence electrons. The first-order valence-electron chi connectivity index (χ1n) is 9.96. The SMILES string of the molecule is COC(=O)N1CCN(Cc2cccc(NC(=O)Nc3ccc(CCO)nc3)c2F)CC1. The fraction of sp³-hybridized carbons (Fsp3) is 0.381. The number of ether oxygens (including phenoxy) is 1. The van der Waals surface area contributed by atoms with E-state index in [0.717, 1.165) is 0 Å². The highest BCUT2D eigenvalue weighted by Crippen LogP contribution is 2.21. The summed E-state index contributed by atoms with van der Waals surface area (Å²) < 4.78 is 19.7. The van der Waals surface area contributed by atoms with E-state index in [4.69, 9.17) is 9.84 Å². The minimum Gasteiger partial charge on any atom is -0.453 e. The van der Waals surface area contributed by atoms with E-state index in [1.807, 2.05) is 4.90 Å². The minimum absolute atomic E-state index is 0.00313. The molecule has 1 saturated heterocycles. The van der Waals surface area contributed by atoms with Crippen molar-refractivity contribution in [3.63, 3.8) is 0 Å². The topological polar surface area (TPSA) is 107 Å². The van der Waals surface area contributed by atoms with E-state index in [1.165, 1.54) is 19.4 Å². The molecular weight excluding hydrogens is 405 g/mol. The molecule has 1 aliphatic heterocycles. The van der Waals surface area contributed by atoms with Crippen LogP contribution in [0.3, 0.4) is 0 Å². The van der Waals surface area contributed by atoms with Gasteiger partial charge in [-0.25, -0.2) is 14.0 Å². The average molecular weight is 431 g/mol. The molecule has 0 atom stereocenters. The van der Waals surface area contributed by atoms with Crippen LogP contribution >= 0.6 is 0 Å². The lowest BCUT2D eigenvalue weighted by atomic mass is 10.1. The standard InChI is InChI=1S/C21H26FN5O4/c1-31-21(30)27-10-8-26(9-11-27)14-15-3-2-4-18(19(15)22)25-20(29)24-17-6-5-16(7-12-28)23-13-17/h2-6,13,28H,7-12,14H2,1H3,(H2,24,25,29). The van der Waals surface area contributed by atoms with Crippen LogP contribution in [0.5, 0.6) is 0 Å². The van der Waals surface area contributed by atoms with Crippen LogP contribution in [0.25, 0.3) is 0 Å². The zero-order valence-electron chi connectivity index (χ0n) is 17.3. The maximum Gasteiger partial charge on any atom is 0.409 e. The summed E-state index contributed by atoms with van der Waals surface area (Å²) in [7, 11) is 1.35. The van der Waals surface area contributed by atoms with Crippen molar-refractivity contribution in [1.29, 1.82) is 0 Å².